The minimum absolute atomic E-state index is 0.0519. The molecule has 61 heavy (non-hydrogen) atoms. The highest BCUT2D eigenvalue weighted by Gasteiger charge is 2.30. The number of nitro benzene ring substituents is 1. The summed E-state index contributed by atoms with van der Waals surface area (Å²) in [6.45, 7) is 8.47. The zero-order chi connectivity index (χ0) is 42.7. The van der Waals surface area contributed by atoms with Crippen LogP contribution in [0, 0.1) is 15.5 Å². The van der Waals surface area contributed by atoms with Gasteiger partial charge in [0.05, 0.1) is 47.5 Å². The number of amides is 1. The number of halogens is 1. The Morgan fingerprint density at radius 2 is 1.89 bits per heavy atom. The number of allylic oxidation sites excluding steroid dienone is 1. The lowest BCUT2D eigenvalue weighted by molar-refractivity contribution is -0.384. The Balaban J connectivity index is 1.03. The molecule has 3 aromatic carbocycles. The number of anilines is 1. The molecule has 14 nitrogen and oxygen atoms in total. The number of nitro groups is 1. The van der Waals surface area contributed by atoms with Gasteiger partial charge in [0.1, 0.15) is 22.8 Å². The number of rotatable bonds is 13. The Morgan fingerprint density at radius 1 is 1.07 bits per heavy atom. The summed E-state index contributed by atoms with van der Waals surface area (Å²) in [5.74, 6) is -0.512. The van der Waals surface area contributed by atoms with E-state index in [-0.39, 0.29) is 35.1 Å². The molecule has 3 N–H and O–H groups in total. The Bertz CT molecular complexity index is 2640. The number of sulfonamides is 1. The number of pyridine rings is 1. The van der Waals surface area contributed by atoms with Gasteiger partial charge in [0, 0.05) is 48.9 Å². The smallest absolute Gasteiger partial charge is 0.293 e. The van der Waals surface area contributed by atoms with Gasteiger partial charge in [-0.1, -0.05) is 55.3 Å². The Morgan fingerprint density at radius 3 is 2.64 bits per heavy atom. The Hall–Kier alpha value is -5.58. The average molecular weight is 867 g/mol. The fraction of sp³-hybridized carbons (Fsp3) is 0.333. The number of nitrogens with zero attached hydrogens (tertiary/aromatic N) is 3. The van der Waals surface area contributed by atoms with Crippen LogP contribution < -0.4 is 14.8 Å². The van der Waals surface area contributed by atoms with Crippen LogP contribution in [-0.4, -0.2) is 86.2 Å². The number of hydrogen-bond acceptors (Lipinski definition) is 11. The summed E-state index contributed by atoms with van der Waals surface area (Å²) in [4.78, 5) is 34.7. The molecule has 318 valence electrons. The van der Waals surface area contributed by atoms with E-state index in [0.29, 0.717) is 31.2 Å². The van der Waals surface area contributed by atoms with Crippen molar-refractivity contribution in [1.82, 2.24) is 19.6 Å². The molecule has 0 bridgehead atoms. The lowest BCUT2D eigenvalue weighted by Crippen LogP contribution is -2.34. The van der Waals surface area contributed by atoms with Gasteiger partial charge in [-0.2, -0.15) is 0 Å². The van der Waals surface area contributed by atoms with Gasteiger partial charge in [0.25, 0.3) is 21.6 Å². The van der Waals surface area contributed by atoms with Crippen LogP contribution in [0.5, 0.6) is 11.5 Å². The molecule has 1 aliphatic carbocycles. The van der Waals surface area contributed by atoms with Crippen molar-refractivity contribution in [2.45, 2.75) is 50.5 Å². The van der Waals surface area contributed by atoms with Crippen molar-refractivity contribution in [3.63, 3.8) is 0 Å². The van der Waals surface area contributed by atoms with E-state index in [1.54, 1.807) is 24.4 Å². The lowest BCUT2D eigenvalue weighted by Gasteiger charge is -2.36. The van der Waals surface area contributed by atoms with Crippen LogP contribution in [0.2, 0.25) is 5.02 Å². The number of ether oxygens (including phenoxy) is 3. The first-order chi connectivity index (χ1) is 29.3. The van der Waals surface area contributed by atoms with Gasteiger partial charge >= 0.3 is 0 Å². The van der Waals surface area contributed by atoms with Crippen molar-refractivity contribution in [2.75, 3.05) is 51.3 Å². The van der Waals surface area contributed by atoms with Crippen LogP contribution in [0.1, 0.15) is 61.0 Å². The molecule has 0 unspecified atom stereocenters. The number of benzene rings is 3. The topological polar surface area (TPSA) is 178 Å². The summed E-state index contributed by atoms with van der Waals surface area (Å²) >= 11 is 6.23. The van der Waals surface area contributed by atoms with Crippen molar-refractivity contribution >= 4 is 61.1 Å². The van der Waals surface area contributed by atoms with Gasteiger partial charge in [0.2, 0.25) is 0 Å². The molecule has 3 aliphatic rings. The molecule has 0 radical (unpaired) electrons. The monoisotopic (exact) mass is 866 g/mol. The van der Waals surface area contributed by atoms with Gasteiger partial charge in [-0.05, 0) is 102 Å². The van der Waals surface area contributed by atoms with Crippen LogP contribution in [0.4, 0.5) is 11.4 Å². The molecule has 5 aromatic rings. The normalized spacial score (nSPS) is 18.4. The second-order valence-electron chi connectivity index (χ2n) is 16.4. The maximum absolute atomic E-state index is 13.9. The number of hydrogen-bond donors (Lipinski definition) is 3. The standard InChI is InChI=1S/C45H47ClN6O8S/c1-45(2)15-11-33(39(24-45)30-3-6-34(46)7-4-30)27-51-17-13-29(14-18-51)31-5-9-38(42(22-31)60-35-21-32-12-16-47-43(32)49-25-35)44(53)50-61(56,57)37-8-10-40(41(23-37)52(54)55)48-26-36-28-58-19-20-59-36/h3-10,12-13,16,21-23,25,36,48H,11,14-15,17-20,24,26-28H2,1-2H3,(H,47,49)(H,50,53)/t36-/m1/s1. The molecule has 1 amide bonds. The first kappa shape index (κ1) is 42.1. The van der Waals surface area contributed by atoms with Crippen LogP contribution in [0.3, 0.4) is 0 Å². The summed E-state index contributed by atoms with van der Waals surface area (Å²) in [5.41, 5.74) is 6.41. The molecule has 1 saturated heterocycles. The largest absolute Gasteiger partial charge is 0.455 e. The molecule has 2 aromatic heterocycles. The second-order valence-corrected chi connectivity index (χ2v) is 18.5. The SMILES string of the molecule is CC1(C)CCC(CN2CC=C(c3ccc(C(=O)NS(=O)(=O)c4ccc(NC[C@@H]5COCCO5)c([N+](=O)[O-])c4)c(Oc4cnc5[nH]ccc5c4)c3)CC2)=C(c2ccc(Cl)cc2)C1. The van der Waals surface area contributed by atoms with E-state index >= 15 is 0 Å². The zero-order valence-corrected chi connectivity index (χ0v) is 35.5. The quantitative estimate of drug-likeness (QED) is 0.0763. The van der Waals surface area contributed by atoms with Crippen LogP contribution in [-0.2, 0) is 19.5 Å². The van der Waals surface area contributed by atoms with Crippen LogP contribution in [0.25, 0.3) is 22.2 Å². The highest BCUT2D eigenvalue weighted by atomic mass is 35.5. The number of carbonyl (C=O) groups is 1. The third-order valence-corrected chi connectivity index (χ3v) is 13.0. The predicted molar refractivity (Wildman–Crippen MR) is 234 cm³/mol. The number of fused-ring (bicyclic) bond motifs is 1. The fourth-order valence-electron chi connectivity index (χ4n) is 8.04. The maximum Gasteiger partial charge on any atom is 0.293 e. The predicted octanol–water partition coefficient (Wildman–Crippen LogP) is 8.62. The third-order valence-electron chi connectivity index (χ3n) is 11.4. The molecular weight excluding hydrogens is 820 g/mol. The molecule has 1 fully saturated rings. The van der Waals surface area contributed by atoms with Gasteiger partial charge < -0.3 is 24.5 Å². The molecule has 0 saturated carbocycles. The van der Waals surface area contributed by atoms with Gasteiger partial charge in [0.15, 0.2) is 0 Å². The third kappa shape index (κ3) is 9.98. The van der Waals surface area contributed by atoms with E-state index in [4.69, 9.17) is 25.8 Å². The number of aromatic nitrogens is 2. The van der Waals surface area contributed by atoms with Crippen molar-refractivity contribution < 1.29 is 32.3 Å². The van der Waals surface area contributed by atoms with Crippen LogP contribution in [0.15, 0.2) is 102 Å². The molecule has 4 heterocycles. The minimum atomic E-state index is -4.58. The van der Waals surface area contributed by atoms with Crippen molar-refractivity contribution in [1.29, 1.82) is 0 Å². The van der Waals surface area contributed by atoms with E-state index < -0.39 is 31.4 Å². The van der Waals surface area contributed by atoms with E-state index in [1.165, 1.54) is 41.1 Å². The van der Waals surface area contributed by atoms with Gasteiger partial charge in [-0.3, -0.25) is 19.8 Å². The van der Waals surface area contributed by atoms with E-state index in [2.05, 4.69) is 57.0 Å². The Labute approximate surface area is 359 Å². The molecule has 16 heteroatoms. The second kappa shape index (κ2) is 17.8. The number of aromatic amines is 1. The van der Waals surface area contributed by atoms with Gasteiger partial charge in [-0.25, -0.2) is 18.1 Å². The number of carbonyl (C=O) groups excluding carboxylic acids is 1. The average Bonchev–Trinajstić information content (AvgIpc) is 3.72. The zero-order valence-electron chi connectivity index (χ0n) is 33.9. The van der Waals surface area contributed by atoms with Crippen molar-refractivity contribution in [3.8, 4) is 11.5 Å². The number of H-pyrrole nitrogens is 1. The minimum Gasteiger partial charge on any atom is -0.455 e. The van der Waals surface area contributed by atoms with Crippen molar-refractivity contribution in [2.24, 2.45) is 5.41 Å². The molecule has 0 spiro atoms. The van der Waals surface area contributed by atoms with E-state index in [9.17, 15) is 23.3 Å². The molecule has 8 rings (SSSR count). The van der Waals surface area contributed by atoms with Crippen molar-refractivity contribution in [3.05, 3.63) is 129 Å². The highest BCUT2D eigenvalue weighted by Crippen LogP contribution is 2.44. The van der Waals surface area contributed by atoms with E-state index in [1.807, 2.05) is 18.2 Å². The van der Waals surface area contributed by atoms with Gasteiger partial charge in [-0.15, -0.1) is 0 Å². The molecular formula is C45H47ClN6O8S. The fourth-order valence-corrected chi connectivity index (χ4v) is 9.15. The first-order valence-electron chi connectivity index (χ1n) is 20.2. The lowest BCUT2D eigenvalue weighted by atomic mass is 9.72. The van der Waals surface area contributed by atoms with E-state index in [0.717, 1.165) is 72.9 Å². The van der Waals surface area contributed by atoms with Crippen LogP contribution >= 0.6 is 11.6 Å². The molecule has 1 atom stereocenters. The summed E-state index contributed by atoms with van der Waals surface area (Å²) in [5, 5.41) is 16.5. The summed E-state index contributed by atoms with van der Waals surface area (Å²) in [7, 11) is -4.58. The first-order valence-corrected chi connectivity index (χ1v) is 22.1. The molecule has 2 aliphatic heterocycles. The highest BCUT2D eigenvalue weighted by molar-refractivity contribution is 7.90. The summed E-state index contributed by atoms with van der Waals surface area (Å²) < 4.78 is 46.7. The summed E-state index contributed by atoms with van der Waals surface area (Å²) in [6.07, 6.45) is 9.05. The number of nitrogens with one attached hydrogen (secondary N) is 3. The summed E-state index contributed by atoms with van der Waals surface area (Å²) in [6, 6.07) is 20.2. The maximum atomic E-state index is 13.9. The Kier molecular flexibility index (Phi) is 12.3.